The van der Waals surface area contributed by atoms with Gasteiger partial charge in [-0.3, -0.25) is 9.59 Å². The van der Waals surface area contributed by atoms with Gasteiger partial charge < -0.3 is 15.3 Å². The van der Waals surface area contributed by atoms with Gasteiger partial charge in [-0.25, -0.2) is 0 Å². The number of hydrogen-bond donors (Lipinski definition) is 2. The van der Waals surface area contributed by atoms with Crippen LogP contribution >= 0.6 is 0 Å². The van der Waals surface area contributed by atoms with Gasteiger partial charge in [-0.05, 0) is 74.6 Å². The Balaban J connectivity index is 1.78. The van der Waals surface area contributed by atoms with E-state index in [1.165, 1.54) is 0 Å². The van der Waals surface area contributed by atoms with Gasteiger partial charge in [-0.2, -0.15) is 0 Å². The number of aliphatic hydroxyl groups is 1. The molecule has 2 amide bonds. The third-order valence-corrected chi connectivity index (χ3v) is 6.41. The van der Waals surface area contributed by atoms with Gasteiger partial charge in [0.1, 0.15) is 0 Å². The number of hydrogen-bond acceptors (Lipinski definition) is 3. The molecule has 1 aliphatic rings. The van der Waals surface area contributed by atoms with Gasteiger partial charge in [0.05, 0.1) is 6.10 Å². The molecule has 5 heteroatoms. The number of carbonyl (C=O) groups excluding carboxylic acids is 2. The standard InChI is InChI=1S/C28H32N2O3/c1-17(2)30(18(3)4)28(33)26-12-8-7-11-23(26)24-13-14-25(22-10-6-5-9-21(22)24)27(32)29-19-15-20(31)16-19/h5-14,17-20,31H,15-16H2,1-4H3,(H,29,32). The molecule has 0 heterocycles. The molecule has 0 spiro atoms. The van der Waals surface area contributed by atoms with Crippen LogP contribution in [-0.4, -0.2) is 46.1 Å². The monoisotopic (exact) mass is 444 g/mol. The highest BCUT2D eigenvalue weighted by Crippen LogP contribution is 2.34. The molecule has 1 fully saturated rings. The summed E-state index contributed by atoms with van der Waals surface area (Å²) >= 11 is 0. The van der Waals surface area contributed by atoms with E-state index in [0.29, 0.717) is 24.0 Å². The molecule has 1 aliphatic carbocycles. The average molecular weight is 445 g/mol. The van der Waals surface area contributed by atoms with E-state index in [1.807, 2.05) is 93.3 Å². The summed E-state index contributed by atoms with van der Waals surface area (Å²) in [7, 11) is 0. The van der Waals surface area contributed by atoms with E-state index in [9.17, 15) is 14.7 Å². The fourth-order valence-electron chi connectivity index (χ4n) is 4.81. The molecule has 5 nitrogen and oxygen atoms in total. The van der Waals surface area contributed by atoms with Crippen LogP contribution in [0.3, 0.4) is 0 Å². The lowest BCUT2D eigenvalue weighted by Gasteiger charge is -2.32. The molecule has 0 radical (unpaired) electrons. The molecule has 0 aliphatic heterocycles. The Labute approximate surface area is 195 Å². The molecular formula is C28H32N2O3. The first-order chi connectivity index (χ1) is 15.8. The van der Waals surface area contributed by atoms with Crippen LogP contribution in [0, 0.1) is 0 Å². The summed E-state index contributed by atoms with van der Waals surface area (Å²) in [4.78, 5) is 28.4. The van der Waals surface area contributed by atoms with E-state index < -0.39 is 0 Å². The second-order valence-corrected chi connectivity index (χ2v) is 9.45. The molecule has 0 unspecified atom stereocenters. The topological polar surface area (TPSA) is 69.6 Å². The van der Waals surface area contributed by atoms with E-state index in [4.69, 9.17) is 0 Å². The predicted octanol–water partition coefficient (Wildman–Crippen LogP) is 5.02. The van der Waals surface area contributed by atoms with Gasteiger partial charge in [0.25, 0.3) is 11.8 Å². The van der Waals surface area contributed by atoms with Crippen LogP contribution in [-0.2, 0) is 0 Å². The molecule has 172 valence electrons. The second-order valence-electron chi connectivity index (χ2n) is 9.45. The molecule has 0 aromatic heterocycles. The molecule has 3 aromatic carbocycles. The van der Waals surface area contributed by atoms with E-state index in [1.54, 1.807) is 0 Å². The first kappa shape index (κ1) is 23.0. The largest absolute Gasteiger partial charge is 0.393 e. The zero-order valence-corrected chi connectivity index (χ0v) is 19.7. The molecule has 4 rings (SSSR count). The molecule has 0 bridgehead atoms. The number of aliphatic hydroxyl groups excluding tert-OH is 1. The Morgan fingerprint density at radius 3 is 2.06 bits per heavy atom. The van der Waals surface area contributed by atoms with Crippen LogP contribution in [0.15, 0.2) is 60.7 Å². The summed E-state index contributed by atoms with van der Waals surface area (Å²) in [5.74, 6) is -0.130. The maximum Gasteiger partial charge on any atom is 0.254 e. The minimum atomic E-state index is -0.320. The Bertz CT molecular complexity index is 1170. The second kappa shape index (κ2) is 9.36. The number of rotatable bonds is 6. The van der Waals surface area contributed by atoms with Crippen LogP contribution in [0.4, 0.5) is 0 Å². The zero-order valence-electron chi connectivity index (χ0n) is 19.7. The van der Waals surface area contributed by atoms with E-state index in [0.717, 1.165) is 21.9 Å². The van der Waals surface area contributed by atoms with Crippen molar-refractivity contribution in [1.29, 1.82) is 0 Å². The number of benzene rings is 3. The summed E-state index contributed by atoms with van der Waals surface area (Å²) in [6.45, 7) is 8.13. The van der Waals surface area contributed by atoms with Crippen LogP contribution < -0.4 is 5.32 Å². The molecule has 2 N–H and O–H groups in total. The van der Waals surface area contributed by atoms with Crippen molar-refractivity contribution in [3.8, 4) is 11.1 Å². The third-order valence-electron chi connectivity index (χ3n) is 6.41. The fraction of sp³-hybridized carbons (Fsp3) is 0.357. The highest BCUT2D eigenvalue weighted by molar-refractivity contribution is 6.13. The van der Waals surface area contributed by atoms with Crippen molar-refractivity contribution >= 4 is 22.6 Å². The van der Waals surface area contributed by atoms with Crippen molar-refractivity contribution in [2.45, 2.75) is 64.8 Å². The van der Waals surface area contributed by atoms with Crippen molar-refractivity contribution in [2.24, 2.45) is 0 Å². The van der Waals surface area contributed by atoms with Crippen molar-refractivity contribution in [1.82, 2.24) is 10.2 Å². The number of amides is 2. The molecular weight excluding hydrogens is 412 g/mol. The summed E-state index contributed by atoms with van der Waals surface area (Å²) in [6.07, 6.45) is 0.874. The molecule has 3 aromatic rings. The van der Waals surface area contributed by atoms with Gasteiger partial charge in [0.15, 0.2) is 0 Å². The lowest BCUT2D eigenvalue weighted by molar-refractivity contribution is 0.0562. The Kier molecular flexibility index (Phi) is 6.52. The maximum atomic E-state index is 13.6. The normalized spacial score (nSPS) is 17.8. The molecule has 33 heavy (non-hydrogen) atoms. The van der Waals surface area contributed by atoms with E-state index in [2.05, 4.69) is 5.32 Å². The lowest BCUT2D eigenvalue weighted by atomic mass is 9.88. The van der Waals surface area contributed by atoms with Gasteiger partial charge in [0.2, 0.25) is 0 Å². The van der Waals surface area contributed by atoms with E-state index >= 15 is 0 Å². The maximum absolute atomic E-state index is 13.6. The number of nitrogens with zero attached hydrogens (tertiary/aromatic N) is 1. The van der Waals surface area contributed by atoms with Gasteiger partial charge in [0, 0.05) is 29.3 Å². The molecule has 0 saturated heterocycles. The average Bonchev–Trinajstić information content (AvgIpc) is 2.76. The quantitative estimate of drug-likeness (QED) is 0.561. The van der Waals surface area contributed by atoms with Crippen LogP contribution in [0.1, 0.15) is 61.3 Å². The minimum Gasteiger partial charge on any atom is -0.393 e. The molecule has 1 saturated carbocycles. The Morgan fingerprint density at radius 1 is 0.818 bits per heavy atom. The van der Waals surface area contributed by atoms with Crippen molar-refractivity contribution in [3.63, 3.8) is 0 Å². The number of carbonyl (C=O) groups is 2. The Morgan fingerprint density at radius 2 is 1.42 bits per heavy atom. The third kappa shape index (κ3) is 4.51. The number of fused-ring (bicyclic) bond motifs is 1. The highest BCUT2D eigenvalue weighted by atomic mass is 16.3. The first-order valence-electron chi connectivity index (χ1n) is 11.7. The first-order valence-corrected chi connectivity index (χ1v) is 11.7. The lowest BCUT2D eigenvalue weighted by Crippen LogP contribution is -2.46. The minimum absolute atomic E-state index is 0.00467. The van der Waals surface area contributed by atoms with Crippen molar-refractivity contribution in [3.05, 3.63) is 71.8 Å². The van der Waals surface area contributed by atoms with Crippen LogP contribution in [0.5, 0.6) is 0 Å². The van der Waals surface area contributed by atoms with E-state index in [-0.39, 0.29) is 36.0 Å². The van der Waals surface area contributed by atoms with Crippen molar-refractivity contribution in [2.75, 3.05) is 0 Å². The fourth-order valence-corrected chi connectivity index (χ4v) is 4.81. The van der Waals surface area contributed by atoms with Gasteiger partial charge >= 0.3 is 0 Å². The number of nitrogens with one attached hydrogen (secondary N) is 1. The predicted molar refractivity (Wildman–Crippen MR) is 132 cm³/mol. The summed E-state index contributed by atoms with van der Waals surface area (Å²) in [6, 6.07) is 19.5. The zero-order chi connectivity index (χ0) is 23.7. The summed E-state index contributed by atoms with van der Waals surface area (Å²) in [5.41, 5.74) is 3.05. The van der Waals surface area contributed by atoms with Crippen LogP contribution in [0.25, 0.3) is 21.9 Å². The van der Waals surface area contributed by atoms with Crippen LogP contribution in [0.2, 0.25) is 0 Å². The smallest absolute Gasteiger partial charge is 0.254 e. The van der Waals surface area contributed by atoms with Crippen molar-refractivity contribution < 1.29 is 14.7 Å². The molecule has 0 atom stereocenters. The highest BCUT2D eigenvalue weighted by Gasteiger charge is 2.29. The van der Waals surface area contributed by atoms with Gasteiger partial charge in [-0.1, -0.05) is 48.5 Å². The summed E-state index contributed by atoms with van der Waals surface area (Å²) < 4.78 is 0. The van der Waals surface area contributed by atoms with Gasteiger partial charge in [-0.15, -0.1) is 0 Å². The summed E-state index contributed by atoms with van der Waals surface area (Å²) in [5, 5.41) is 14.3. The SMILES string of the molecule is CC(C)N(C(=O)c1ccccc1-c1ccc(C(=O)NC2CC(O)C2)c2ccccc12)C(C)C. The Hall–Kier alpha value is -3.18.